The van der Waals surface area contributed by atoms with Gasteiger partial charge in [-0.1, -0.05) is 6.92 Å². The van der Waals surface area contributed by atoms with E-state index in [2.05, 4.69) is 24.2 Å². The highest BCUT2D eigenvalue weighted by Crippen LogP contribution is 2.10. The third kappa shape index (κ3) is 4.52. The number of nitrogens with one attached hydrogen (secondary N) is 1. The largest absolute Gasteiger partial charge is 0.481 e. The van der Waals surface area contributed by atoms with Gasteiger partial charge in [-0.15, -0.1) is 0 Å². The Kier molecular flexibility index (Phi) is 5.91. The molecule has 0 spiro atoms. The Morgan fingerprint density at radius 2 is 2.11 bits per heavy atom. The lowest BCUT2D eigenvalue weighted by Gasteiger charge is -2.39. The summed E-state index contributed by atoms with van der Waals surface area (Å²) in [5.41, 5.74) is 0. The number of carbonyl (C=O) groups excluding carboxylic acids is 1. The van der Waals surface area contributed by atoms with Crippen molar-refractivity contribution in [3.8, 4) is 0 Å². The monoisotopic (exact) mass is 257 g/mol. The summed E-state index contributed by atoms with van der Waals surface area (Å²) in [6, 6.07) is 0.343. The number of carboxylic acids is 1. The fraction of sp³-hybridized carbons (Fsp3) is 0.833. The van der Waals surface area contributed by atoms with Crippen molar-refractivity contribution >= 4 is 12.0 Å². The number of carboxylic acid groups (broad SMARTS) is 1. The van der Waals surface area contributed by atoms with E-state index in [0.717, 1.165) is 26.1 Å². The predicted molar refractivity (Wildman–Crippen MR) is 68.6 cm³/mol. The predicted octanol–water partition coefficient (Wildman–Crippen LogP) is 0.587. The number of rotatable bonds is 5. The van der Waals surface area contributed by atoms with E-state index in [0.29, 0.717) is 19.0 Å². The molecule has 6 nitrogen and oxygen atoms in total. The molecule has 1 saturated heterocycles. The third-order valence-corrected chi connectivity index (χ3v) is 3.38. The number of amides is 2. The van der Waals surface area contributed by atoms with Gasteiger partial charge >= 0.3 is 12.0 Å². The summed E-state index contributed by atoms with van der Waals surface area (Å²) >= 11 is 0. The van der Waals surface area contributed by atoms with Crippen LogP contribution in [0.25, 0.3) is 0 Å². The fourth-order valence-corrected chi connectivity index (χ4v) is 2.12. The lowest BCUT2D eigenvalue weighted by molar-refractivity contribution is -0.137. The summed E-state index contributed by atoms with van der Waals surface area (Å²) in [7, 11) is 2.08. The zero-order chi connectivity index (χ0) is 13.5. The SMILES string of the molecule is CCC1CN(C(=O)NCCCC(=O)O)CCN1C. The Labute approximate surface area is 108 Å². The van der Waals surface area contributed by atoms with Gasteiger partial charge in [0.25, 0.3) is 0 Å². The number of hydrogen-bond acceptors (Lipinski definition) is 3. The summed E-state index contributed by atoms with van der Waals surface area (Å²) in [4.78, 5) is 26.3. The van der Waals surface area contributed by atoms with Crippen LogP contribution in [0.3, 0.4) is 0 Å². The lowest BCUT2D eigenvalue weighted by Crippen LogP contribution is -2.55. The summed E-state index contributed by atoms with van der Waals surface area (Å²) in [5.74, 6) is -0.824. The van der Waals surface area contributed by atoms with Crippen molar-refractivity contribution in [1.29, 1.82) is 0 Å². The van der Waals surface area contributed by atoms with Crippen molar-refractivity contribution in [3.63, 3.8) is 0 Å². The van der Waals surface area contributed by atoms with Crippen molar-refractivity contribution in [2.45, 2.75) is 32.2 Å². The molecule has 0 saturated carbocycles. The molecule has 0 aliphatic carbocycles. The molecule has 1 aliphatic rings. The van der Waals surface area contributed by atoms with Crippen molar-refractivity contribution in [2.75, 3.05) is 33.2 Å². The first-order valence-electron chi connectivity index (χ1n) is 6.49. The normalized spacial score (nSPS) is 20.8. The van der Waals surface area contributed by atoms with Crippen LogP contribution in [0.4, 0.5) is 4.79 Å². The van der Waals surface area contributed by atoms with Gasteiger partial charge in [-0.2, -0.15) is 0 Å². The number of piperazine rings is 1. The Morgan fingerprint density at radius 3 is 2.72 bits per heavy atom. The Morgan fingerprint density at radius 1 is 1.39 bits per heavy atom. The molecule has 1 heterocycles. The molecule has 1 fully saturated rings. The number of likely N-dealkylation sites (N-methyl/N-ethyl adjacent to an activating group) is 1. The zero-order valence-corrected chi connectivity index (χ0v) is 11.2. The Balaban J connectivity index is 2.27. The minimum atomic E-state index is -0.824. The molecule has 0 radical (unpaired) electrons. The van der Waals surface area contributed by atoms with Gasteiger partial charge < -0.3 is 15.3 Å². The number of urea groups is 1. The van der Waals surface area contributed by atoms with Crippen LogP contribution in [0, 0.1) is 0 Å². The van der Waals surface area contributed by atoms with Gasteiger partial charge in [0, 0.05) is 38.6 Å². The lowest BCUT2D eigenvalue weighted by atomic mass is 10.1. The molecular formula is C12H23N3O3. The van der Waals surface area contributed by atoms with Gasteiger partial charge in [-0.05, 0) is 19.9 Å². The second-order valence-electron chi connectivity index (χ2n) is 4.72. The summed E-state index contributed by atoms with van der Waals surface area (Å²) in [6.07, 6.45) is 1.60. The van der Waals surface area contributed by atoms with E-state index < -0.39 is 5.97 Å². The van der Waals surface area contributed by atoms with Crippen LogP contribution in [0.1, 0.15) is 26.2 Å². The molecule has 1 aliphatic heterocycles. The minimum absolute atomic E-state index is 0.0769. The van der Waals surface area contributed by atoms with Crippen LogP contribution in [-0.4, -0.2) is 66.2 Å². The van der Waals surface area contributed by atoms with Crippen molar-refractivity contribution < 1.29 is 14.7 Å². The summed E-state index contributed by atoms with van der Waals surface area (Å²) in [5, 5.41) is 11.3. The van der Waals surface area contributed by atoms with Crippen LogP contribution in [0.5, 0.6) is 0 Å². The maximum atomic E-state index is 11.9. The zero-order valence-electron chi connectivity index (χ0n) is 11.2. The highest BCUT2D eigenvalue weighted by molar-refractivity contribution is 5.74. The smallest absolute Gasteiger partial charge is 0.317 e. The van der Waals surface area contributed by atoms with Gasteiger partial charge in [-0.25, -0.2) is 4.79 Å². The van der Waals surface area contributed by atoms with E-state index in [1.54, 1.807) is 0 Å². The quantitative estimate of drug-likeness (QED) is 0.707. The van der Waals surface area contributed by atoms with Crippen molar-refractivity contribution in [2.24, 2.45) is 0 Å². The standard InChI is InChI=1S/C12H23N3O3/c1-3-10-9-15(8-7-14(10)2)12(18)13-6-4-5-11(16)17/h10H,3-9H2,1-2H3,(H,13,18)(H,16,17). The van der Waals surface area contributed by atoms with Crippen LogP contribution in [0.15, 0.2) is 0 Å². The van der Waals surface area contributed by atoms with E-state index in [1.165, 1.54) is 0 Å². The average Bonchev–Trinajstić information content (AvgIpc) is 2.34. The Hall–Kier alpha value is -1.30. The van der Waals surface area contributed by atoms with Gasteiger partial charge in [0.15, 0.2) is 0 Å². The second kappa shape index (κ2) is 7.20. The molecular weight excluding hydrogens is 234 g/mol. The molecule has 1 unspecified atom stereocenters. The van der Waals surface area contributed by atoms with Crippen LogP contribution in [-0.2, 0) is 4.79 Å². The fourth-order valence-electron chi connectivity index (χ4n) is 2.12. The molecule has 1 atom stereocenters. The molecule has 2 N–H and O–H groups in total. The van der Waals surface area contributed by atoms with E-state index in [4.69, 9.17) is 5.11 Å². The van der Waals surface area contributed by atoms with Crippen LogP contribution >= 0.6 is 0 Å². The van der Waals surface area contributed by atoms with E-state index in [1.807, 2.05) is 4.90 Å². The van der Waals surface area contributed by atoms with Gasteiger partial charge in [0.1, 0.15) is 0 Å². The van der Waals surface area contributed by atoms with E-state index in [9.17, 15) is 9.59 Å². The molecule has 6 heteroatoms. The van der Waals surface area contributed by atoms with Crippen LogP contribution in [0.2, 0.25) is 0 Å². The highest BCUT2D eigenvalue weighted by atomic mass is 16.4. The maximum Gasteiger partial charge on any atom is 0.317 e. The summed E-state index contributed by atoms with van der Waals surface area (Å²) in [6.45, 7) is 4.92. The minimum Gasteiger partial charge on any atom is -0.481 e. The molecule has 0 bridgehead atoms. The number of hydrogen-bond donors (Lipinski definition) is 2. The number of carbonyl (C=O) groups is 2. The van der Waals surface area contributed by atoms with Gasteiger partial charge in [0.05, 0.1) is 0 Å². The topological polar surface area (TPSA) is 72.9 Å². The molecule has 1 rings (SSSR count). The summed E-state index contributed by atoms with van der Waals surface area (Å²) < 4.78 is 0. The van der Waals surface area contributed by atoms with Crippen LogP contribution < -0.4 is 5.32 Å². The highest BCUT2D eigenvalue weighted by Gasteiger charge is 2.25. The maximum absolute atomic E-state index is 11.9. The van der Waals surface area contributed by atoms with Gasteiger partial charge in [0.2, 0.25) is 0 Å². The Bertz CT molecular complexity index is 296. The first-order chi connectivity index (χ1) is 8.54. The van der Waals surface area contributed by atoms with E-state index >= 15 is 0 Å². The third-order valence-electron chi connectivity index (χ3n) is 3.38. The van der Waals surface area contributed by atoms with Crippen molar-refractivity contribution in [3.05, 3.63) is 0 Å². The molecule has 104 valence electrons. The average molecular weight is 257 g/mol. The van der Waals surface area contributed by atoms with E-state index in [-0.39, 0.29) is 12.5 Å². The first-order valence-corrected chi connectivity index (χ1v) is 6.49. The second-order valence-corrected chi connectivity index (χ2v) is 4.72. The van der Waals surface area contributed by atoms with Gasteiger partial charge in [-0.3, -0.25) is 9.69 Å². The molecule has 2 amide bonds. The first kappa shape index (κ1) is 14.8. The number of nitrogens with zero attached hydrogens (tertiary/aromatic N) is 2. The molecule has 0 aromatic heterocycles. The number of aliphatic carboxylic acids is 1. The molecule has 0 aromatic rings. The molecule has 18 heavy (non-hydrogen) atoms. The molecule has 0 aromatic carbocycles. The van der Waals surface area contributed by atoms with Crippen molar-refractivity contribution in [1.82, 2.24) is 15.1 Å².